The number of piperidine rings is 1. The third-order valence-electron chi connectivity index (χ3n) is 4.36. The molecule has 2 aliphatic rings. The Balaban J connectivity index is 0.00000161. The Morgan fingerprint density at radius 1 is 1.10 bits per heavy atom. The zero-order chi connectivity index (χ0) is 13.6. The lowest BCUT2D eigenvalue weighted by Crippen LogP contribution is -2.31. The molecular formula is C17H27ClN2O. The Hall–Kier alpha value is -0.930. The van der Waals surface area contributed by atoms with Crippen LogP contribution in [0.4, 0.5) is 5.69 Å². The lowest BCUT2D eigenvalue weighted by Gasteiger charge is -2.26. The number of hydrogen-bond donors (Lipinski definition) is 1. The highest BCUT2D eigenvalue weighted by Crippen LogP contribution is 2.26. The van der Waals surface area contributed by atoms with Gasteiger partial charge in [0.1, 0.15) is 5.75 Å². The maximum atomic E-state index is 5.90. The van der Waals surface area contributed by atoms with Gasteiger partial charge in [-0.15, -0.1) is 12.4 Å². The molecule has 0 saturated carbocycles. The lowest BCUT2D eigenvalue weighted by atomic mass is 10.0. The molecule has 2 heterocycles. The maximum absolute atomic E-state index is 5.90. The highest BCUT2D eigenvalue weighted by Gasteiger charge is 2.10. The summed E-state index contributed by atoms with van der Waals surface area (Å²) in [6.45, 7) is 5.66. The zero-order valence-electron chi connectivity index (χ0n) is 12.8. The number of nitrogens with one attached hydrogen (secondary N) is 1. The molecule has 2 aliphatic heterocycles. The Kier molecular flexibility index (Phi) is 6.65. The van der Waals surface area contributed by atoms with Crippen molar-refractivity contribution in [3.8, 4) is 5.75 Å². The Morgan fingerprint density at radius 3 is 2.81 bits per heavy atom. The summed E-state index contributed by atoms with van der Waals surface area (Å²) < 4.78 is 5.90. The van der Waals surface area contributed by atoms with Gasteiger partial charge in [0.05, 0.1) is 6.61 Å². The highest BCUT2D eigenvalue weighted by atomic mass is 35.5. The van der Waals surface area contributed by atoms with Crippen molar-refractivity contribution in [2.45, 2.75) is 38.5 Å². The molecule has 1 fully saturated rings. The van der Waals surface area contributed by atoms with Crippen molar-refractivity contribution in [3.63, 3.8) is 0 Å². The number of hydrogen-bond acceptors (Lipinski definition) is 3. The van der Waals surface area contributed by atoms with Crippen molar-refractivity contribution in [3.05, 3.63) is 23.8 Å². The number of halogens is 1. The second-order valence-electron chi connectivity index (χ2n) is 5.95. The van der Waals surface area contributed by atoms with Gasteiger partial charge >= 0.3 is 0 Å². The number of nitrogens with zero attached hydrogens (tertiary/aromatic N) is 1. The van der Waals surface area contributed by atoms with E-state index in [1.165, 1.54) is 63.0 Å². The summed E-state index contributed by atoms with van der Waals surface area (Å²) in [5, 5.41) is 3.46. The maximum Gasteiger partial charge on any atom is 0.121 e. The summed E-state index contributed by atoms with van der Waals surface area (Å²) in [7, 11) is 0. The summed E-state index contributed by atoms with van der Waals surface area (Å²) in [5.74, 6) is 1.01. The minimum Gasteiger partial charge on any atom is -0.493 e. The van der Waals surface area contributed by atoms with Gasteiger partial charge in [-0.05, 0) is 56.8 Å². The van der Waals surface area contributed by atoms with Crippen LogP contribution in [0.3, 0.4) is 0 Å². The van der Waals surface area contributed by atoms with E-state index in [4.69, 9.17) is 4.74 Å². The number of likely N-dealkylation sites (tertiary alicyclic amines) is 1. The molecule has 3 rings (SSSR count). The van der Waals surface area contributed by atoms with Crippen LogP contribution in [-0.4, -0.2) is 37.7 Å². The molecule has 0 aromatic heterocycles. The van der Waals surface area contributed by atoms with Crippen LogP contribution in [0.15, 0.2) is 18.2 Å². The van der Waals surface area contributed by atoms with Gasteiger partial charge in [0.15, 0.2) is 0 Å². The topological polar surface area (TPSA) is 24.5 Å². The standard InChI is InChI=1S/C17H26N2O.ClH/c1-2-10-19(11-3-1)12-5-13-20-16-8-7-15-6-4-9-18-17(15)14-16;/h7-8,14,18H,1-6,9-13H2;1H. The van der Waals surface area contributed by atoms with Crippen LogP contribution in [0, 0.1) is 0 Å². The van der Waals surface area contributed by atoms with Crippen LogP contribution in [0.25, 0.3) is 0 Å². The summed E-state index contributed by atoms with van der Waals surface area (Å²) in [6, 6.07) is 6.49. The minimum atomic E-state index is 0. The summed E-state index contributed by atoms with van der Waals surface area (Å²) in [5.41, 5.74) is 2.70. The molecule has 1 saturated heterocycles. The molecule has 21 heavy (non-hydrogen) atoms. The van der Waals surface area contributed by atoms with E-state index in [0.717, 1.165) is 25.3 Å². The number of ether oxygens (including phenoxy) is 1. The Bertz CT molecular complexity index is 433. The van der Waals surface area contributed by atoms with Gasteiger partial charge in [0, 0.05) is 24.8 Å². The van der Waals surface area contributed by atoms with E-state index in [-0.39, 0.29) is 12.4 Å². The molecule has 118 valence electrons. The van der Waals surface area contributed by atoms with E-state index < -0.39 is 0 Å². The van der Waals surface area contributed by atoms with Crippen molar-refractivity contribution in [1.82, 2.24) is 4.90 Å². The van der Waals surface area contributed by atoms with Gasteiger partial charge in [-0.3, -0.25) is 0 Å². The van der Waals surface area contributed by atoms with Crippen molar-refractivity contribution >= 4 is 18.1 Å². The van der Waals surface area contributed by atoms with Gasteiger partial charge in [-0.25, -0.2) is 0 Å². The first kappa shape index (κ1) is 16.4. The van der Waals surface area contributed by atoms with E-state index >= 15 is 0 Å². The molecule has 1 N–H and O–H groups in total. The molecule has 1 aromatic rings. The number of fused-ring (bicyclic) bond motifs is 1. The molecule has 0 aliphatic carbocycles. The Labute approximate surface area is 134 Å². The molecular weight excluding hydrogens is 284 g/mol. The largest absolute Gasteiger partial charge is 0.493 e. The van der Waals surface area contributed by atoms with Crippen molar-refractivity contribution < 1.29 is 4.74 Å². The quantitative estimate of drug-likeness (QED) is 0.839. The first-order chi connectivity index (χ1) is 9.92. The van der Waals surface area contributed by atoms with Crippen LogP contribution in [0.5, 0.6) is 5.75 Å². The van der Waals surface area contributed by atoms with E-state index in [1.54, 1.807) is 0 Å². The SMILES string of the molecule is Cl.c1cc2c(cc1OCCCN1CCCCC1)NCCC2. The molecule has 0 bridgehead atoms. The van der Waals surface area contributed by atoms with Crippen LogP contribution in [0.2, 0.25) is 0 Å². The summed E-state index contributed by atoms with van der Waals surface area (Å²) in [4.78, 5) is 2.57. The van der Waals surface area contributed by atoms with Crippen molar-refractivity contribution in [2.75, 3.05) is 38.1 Å². The number of benzene rings is 1. The van der Waals surface area contributed by atoms with Crippen molar-refractivity contribution in [2.24, 2.45) is 0 Å². The van der Waals surface area contributed by atoms with E-state index in [1.807, 2.05) is 0 Å². The van der Waals surface area contributed by atoms with E-state index in [2.05, 4.69) is 28.4 Å². The zero-order valence-corrected chi connectivity index (χ0v) is 13.6. The average molecular weight is 311 g/mol. The van der Waals surface area contributed by atoms with Crippen LogP contribution in [-0.2, 0) is 6.42 Å². The van der Waals surface area contributed by atoms with Crippen LogP contribution in [0.1, 0.15) is 37.7 Å². The smallest absolute Gasteiger partial charge is 0.121 e. The molecule has 4 heteroatoms. The predicted molar refractivity (Wildman–Crippen MR) is 90.9 cm³/mol. The molecule has 0 atom stereocenters. The fraction of sp³-hybridized carbons (Fsp3) is 0.647. The molecule has 0 spiro atoms. The molecule has 1 aromatic carbocycles. The predicted octanol–water partition coefficient (Wildman–Crippen LogP) is 3.72. The third kappa shape index (κ3) is 4.79. The molecule has 0 radical (unpaired) electrons. The van der Waals surface area contributed by atoms with E-state index in [9.17, 15) is 0 Å². The highest BCUT2D eigenvalue weighted by molar-refractivity contribution is 5.85. The van der Waals surface area contributed by atoms with E-state index in [0.29, 0.717) is 0 Å². The fourth-order valence-corrected chi connectivity index (χ4v) is 3.19. The summed E-state index contributed by atoms with van der Waals surface area (Å²) >= 11 is 0. The number of anilines is 1. The Morgan fingerprint density at radius 2 is 1.95 bits per heavy atom. The second-order valence-corrected chi connectivity index (χ2v) is 5.95. The minimum absolute atomic E-state index is 0. The normalized spacial score (nSPS) is 18.3. The number of rotatable bonds is 5. The molecule has 0 amide bonds. The number of aryl methyl sites for hydroxylation is 1. The molecule has 0 unspecified atom stereocenters. The van der Waals surface area contributed by atoms with Crippen LogP contribution < -0.4 is 10.1 Å². The first-order valence-electron chi connectivity index (χ1n) is 8.14. The second kappa shape index (κ2) is 8.50. The molecule has 3 nitrogen and oxygen atoms in total. The monoisotopic (exact) mass is 310 g/mol. The van der Waals surface area contributed by atoms with Crippen molar-refractivity contribution in [1.29, 1.82) is 0 Å². The van der Waals surface area contributed by atoms with Crippen LogP contribution >= 0.6 is 12.4 Å². The third-order valence-corrected chi connectivity index (χ3v) is 4.36. The first-order valence-corrected chi connectivity index (χ1v) is 8.14. The average Bonchev–Trinajstić information content (AvgIpc) is 2.52. The van der Waals surface area contributed by atoms with Gasteiger partial charge in [-0.2, -0.15) is 0 Å². The van der Waals surface area contributed by atoms with Gasteiger partial charge in [0.2, 0.25) is 0 Å². The van der Waals surface area contributed by atoms with Gasteiger partial charge < -0.3 is 15.0 Å². The fourth-order valence-electron chi connectivity index (χ4n) is 3.19. The lowest BCUT2D eigenvalue weighted by molar-refractivity contribution is 0.205. The van der Waals surface area contributed by atoms with Gasteiger partial charge in [0.25, 0.3) is 0 Å². The summed E-state index contributed by atoms with van der Waals surface area (Å²) in [6.07, 6.45) is 7.72. The van der Waals surface area contributed by atoms with Gasteiger partial charge in [-0.1, -0.05) is 12.5 Å².